The fourth-order valence-electron chi connectivity index (χ4n) is 10.7. The van der Waals surface area contributed by atoms with Crippen LogP contribution in [0, 0.1) is 0 Å². The van der Waals surface area contributed by atoms with Gasteiger partial charge in [0.2, 0.25) is 5.91 Å². The average molecular weight is 1060 g/mol. The second-order valence-electron chi connectivity index (χ2n) is 23.5. The predicted octanol–water partition coefficient (Wildman–Crippen LogP) is 21.8. The van der Waals surface area contributed by atoms with E-state index in [4.69, 9.17) is 4.74 Å². The highest BCUT2D eigenvalue weighted by Crippen LogP contribution is 2.18. The van der Waals surface area contributed by atoms with Crippen LogP contribution in [0.5, 0.6) is 0 Å². The second-order valence-corrected chi connectivity index (χ2v) is 23.5. The molecule has 0 saturated carbocycles. The van der Waals surface area contributed by atoms with E-state index in [1.165, 1.54) is 302 Å². The SMILES string of the molecule is CCCCCCCCC/C=C\CCCCCCCC(=O)OCCCCCCCCCCCCCC/C=C\CCCCCCCCCCCCCCCCCCCC(=O)NC(CO)C(O)CCCCCCCCCCC. The maximum atomic E-state index is 12.4. The Morgan fingerprint density at radius 1 is 0.360 bits per heavy atom. The molecule has 0 aromatic rings. The van der Waals surface area contributed by atoms with E-state index in [1.54, 1.807) is 0 Å². The molecule has 2 unspecified atom stereocenters. The molecular formula is C69H133NO5. The fraction of sp³-hybridized carbons (Fsp3) is 0.913. The Kier molecular flexibility index (Phi) is 63.4. The lowest BCUT2D eigenvalue weighted by molar-refractivity contribution is -0.143. The number of aliphatic hydroxyl groups excluding tert-OH is 2. The van der Waals surface area contributed by atoms with Crippen LogP contribution in [0.15, 0.2) is 24.3 Å². The molecule has 0 rings (SSSR count). The first-order valence-corrected chi connectivity index (χ1v) is 34.1. The van der Waals surface area contributed by atoms with Crippen LogP contribution in [0.3, 0.4) is 0 Å². The molecule has 0 aliphatic carbocycles. The maximum absolute atomic E-state index is 12.4. The van der Waals surface area contributed by atoms with Crippen LogP contribution >= 0.6 is 0 Å². The van der Waals surface area contributed by atoms with Crippen molar-refractivity contribution in [1.29, 1.82) is 0 Å². The third kappa shape index (κ3) is 61.4. The van der Waals surface area contributed by atoms with E-state index in [2.05, 4.69) is 43.5 Å². The quantitative estimate of drug-likeness (QED) is 0.0320. The minimum atomic E-state index is -0.659. The molecule has 75 heavy (non-hydrogen) atoms. The van der Waals surface area contributed by atoms with Gasteiger partial charge in [-0.1, -0.05) is 314 Å². The molecule has 3 N–H and O–H groups in total. The van der Waals surface area contributed by atoms with E-state index in [-0.39, 0.29) is 18.5 Å². The Balaban J connectivity index is 3.31. The molecular weight excluding hydrogens is 923 g/mol. The zero-order chi connectivity index (χ0) is 54.3. The molecule has 1 amide bonds. The fourth-order valence-corrected chi connectivity index (χ4v) is 10.7. The number of carbonyl (C=O) groups is 2. The third-order valence-corrected chi connectivity index (χ3v) is 16.0. The summed E-state index contributed by atoms with van der Waals surface area (Å²) in [6.45, 7) is 4.95. The van der Waals surface area contributed by atoms with Gasteiger partial charge >= 0.3 is 5.97 Å². The van der Waals surface area contributed by atoms with Crippen LogP contribution in [0.2, 0.25) is 0 Å². The minimum Gasteiger partial charge on any atom is -0.466 e. The lowest BCUT2D eigenvalue weighted by Gasteiger charge is -2.22. The molecule has 0 radical (unpaired) electrons. The highest BCUT2D eigenvalue weighted by atomic mass is 16.5. The van der Waals surface area contributed by atoms with Crippen molar-refractivity contribution in [2.24, 2.45) is 0 Å². The molecule has 6 heteroatoms. The van der Waals surface area contributed by atoms with Gasteiger partial charge in [0, 0.05) is 12.8 Å². The van der Waals surface area contributed by atoms with Gasteiger partial charge < -0.3 is 20.3 Å². The van der Waals surface area contributed by atoms with Crippen LogP contribution in [0.4, 0.5) is 0 Å². The molecule has 444 valence electrons. The number of allylic oxidation sites excluding steroid dienone is 4. The monoisotopic (exact) mass is 1060 g/mol. The number of carbonyl (C=O) groups excluding carboxylic acids is 2. The summed E-state index contributed by atoms with van der Waals surface area (Å²) in [5, 5.41) is 23.1. The van der Waals surface area contributed by atoms with Gasteiger partial charge in [0.25, 0.3) is 0 Å². The average Bonchev–Trinajstić information content (AvgIpc) is 3.41. The van der Waals surface area contributed by atoms with E-state index >= 15 is 0 Å². The number of nitrogens with one attached hydrogen (secondary N) is 1. The summed E-state index contributed by atoms with van der Waals surface area (Å²) in [6, 6.07) is -0.536. The summed E-state index contributed by atoms with van der Waals surface area (Å²) < 4.78 is 5.49. The summed E-state index contributed by atoms with van der Waals surface area (Å²) in [7, 11) is 0. The van der Waals surface area contributed by atoms with Crippen molar-refractivity contribution in [3.8, 4) is 0 Å². The van der Waals surface area contributed by atoms with Crippen LogP contribution in [0.1, 0.15) is 380 Å². The summed E-state index contributed by atoms with van der Waals surface area (Å²) >= 11 is 0. The summed E-state index contributed by atoms with van der Waals surface area (Å²) in [5.41, 5.74) is 0. The maximum Gasteiger partial charge on any atom is 0.305 e. The van der Waals surface area contributed by atoms with E-state index in [0.717, 1.165) is 44.9 Å². The normalized spacial score (nSPS) is 12.6. The summed E-state index contributed by atoms with van der Waals surface area (Å²) in [6.07, 6.45) is 81.0. The van der Waals surface area contributed by atoms with Crippen molar-refractivity contribution in [2.75, 3.05) is 13.2 Å². The van der Waals surface area contributed by atoms with Gasteiger partial charge in [0.1, 0.15) is 0 Å². The molecule has 0 heterocycles. The van der Waals surface area contributed by atoms with Crippen molar-refractivity contribution >= 4 is 11.9 Å². The number of ether oxygens (including phenoxy) is 1. The summed E-state index contributed by atoms with van der Waals surface area (Å²) in [4.78, 5) is 24.5. The Bertz CT molecular complexity index is 1170. The van der Waals surface area contributed by atoms with E-state index in [0.29, 0.717) is 25.9 Å². The first kappa shape index (κ1) is 73.3. The Labute approximate surface area is 469 Å². The highest BCUT2D eigenvalue weighted by molar-refractivity contribution is 5.76. The summed E-state index contributed by atoms with van der Waals surface area (Å²) in [5.74, 6) is -0.0211. The molecule has 0 fully saturated rings. The van der Waals surface area contributed by atoms with E-state index < -0.39 is 12.1 Å². The van der Waals surface area contributed by atoms with Gasteiger partial charge in [-0.25, -0.2) is 0 Å². The number of amides is 1. The standard InChI is InChI=1S/C69H133NO5/c1-3-5-7-9-11-13-14-15-16-37-40-43-47-51-55-59-63-69(74)75-64-60-56-52-48-44-41-38-35-33-31-29-27-25-23-21-19-17-18-20-22-24-26-28-30-32-34-36-39-42-46-50-54-58-62-68(73)70-66(65-71)67(72)61-57-53-49-45-12-10-8-6-4-2/h16,21,23,37,66-67,71-72H,3-15,17-20,22,24-36,38-65H2,1-2H3,(H,70,73)/b23-21-,37-16-. The van der Waals surface area contributed by atoms with Crippen LogP contribution in [-0.2, 0) is 14.3 Å². The highest BCUT2D eigenvalue weighted by Gasteiger charge is 2.20. The van der Waals surface area contributed by atoms with Gasteiger partial charge in [-0.15, -0.1) is 0 Å². The molecule has 2 atom stereocenters. The lowest BCUT2D eigenvalue weighted by Crippen LogP contribution is -2.45. The number of hydrogen-bond donors (Lipinski definition) is 3. The molecule has 6 nitrogen and oxygen atoms in total. The molecule has 0 spiro atoms. The molecule has 0 saturated heterocycles. The number of esters is 1. The Morgan fingerprint density at radius 2 is 0.627 bits per heavy atom. The molecule has 0 aromatic carbocycles. The number of unbranched alkanes of at least 4 members (excludes halogenated alkanes) is 49. The molecule has 0 aliphatic heterocycles. The molecule has 0 aromatic heterocycles. The van der Waals surface area contributed by atoms with Gasteiger partial charge in [-0.3, -0.25) is 9.59 Å². The first-order chi connectivity index (χ1) is 37.0. The second kappa shape index (κ2) is 64.9. The van der Waals surface area contributed by atoms with Gasteiger partial charge in [-0.2, -0.15) is 0 Å². The van der Waals surface area contributed by atoms with Gasteiger partial charge in [0.15, 0.2) is 0 Å². The van der Waals surface area contributed by atoms with Crippen molar-refractivity contribution in [3.05, 3.63) is 24.3 Å². The third-order valence-electron chi connectivity index (χ3n) is 16.0. The van der Waals surface area contributed by atoms with Crippen molar-refractivity contribution in [3.63, 3.8) is 0 Å². The minimum absolute atomic E-state index is 0.0117. The van der Waals surface area contributed by atoms with E-state index in [1.807, 2.05) is 0 Å². The van der Waals surface area contributed by atoms with Crippen molar-refractivity contribution in [1.82, 2.24) is 5.32 Å². The van der Waals surface area contributed by atoms with Crippen molar-refractivity contribution in [2.45, 2.75) is 392 Å². The van der Waals surface area contributed by atoms with Crippen molar-refractivity contribution < 1.29 is 24.5 Å². The molecule has 0 aliphatic rings. The Hall–Kier alpha value is -1.66. The topological polar surface area (TPSA) is 95.9 Å². The van der Waals surface area contributed by atoms with Gasteiger partial charge in [0.05, 0.1) is 25.4 Å². The first-order valence-electron chi connectivity index (χ1n) is 34.1. The smallest absolute Gasteiger partial charge is 0.305 e. The Morgan fingerprint density at radius 3 is 0.947 bits per heavy atom. The lowest BCUT2D eigenvalue weighted by atomic mass is 10.0. The van der Waals surface area contributed by atoms with Crippen LogP contribution in [-0.4, -0.2) is 47.4 Å². The zero-order valence-electron chi connectivity index (χ0n) is 50.8. The van der Waals surface area contributed by atoms with Crippen LogP contribution in [0.25, 0.3) is 0 Å². The van der Waals surface area contributed by atoms with Gasteiger partial charge in [-0.05, 0) is 77.0 Å². The van der Waals surface area contributed by atoms with E-state index in [9.17, 15) is 19.8 Å². The number of aliphatic hydroxyl groups is 2. The zero-order valence-corrected chi connectivity index (χ0v) is 50.8. The number of hydrogen-bond acceptors (Lipinski definition) is 5. The van der Waals surface area contributed by atoms with Crippen LogP contribution < -0.4 is 5.32 Å². The number of rotatable bonds is 64. The largest absolute Gasteiger partial charge is 0.466 e. The predicted molar refractivity (Wildman–Crippen MR) is 329 cm³/mol. The molecule has 0 bridgehead atoms.